The zero-order valence-corrected chi connectivity index (χ0v) is 25.0. The number of carbonyl (C=O) groups excluding carboxylic acids is 3. The molecule has 246 valence electrons. The zero-order chi connectivity index (χ0) is 34.4. The van der Waals surface area contributed by atoms with E-state index in [1.165, 1.54) is 48.5 Å². The number of allylic oxidation sites excluding steroid dienone is 2. The molecule has 0 amide bonds. The minimum absolute atomic E-state index is 0.0446. The van der Waals surface area contributed by atoms with Crippen LogP contribution < -0.4 is 11.2 Å². The number of ether oxygens (including phenoxy) is 3. The number of benzene rings is 3. The quantitative estimate of drug-likeness (QED) is 0.177. The molecular formula is C35H27F3N2O8. The maximum absolute atomic E-state index is 13.8. The Balaban J connectivity index is 1.53. The SMILES string of the molecule is C=C(/C=C/c1cn([C@H]2C[C@H](OC(=O)c3ccccc3)[C@@H](COC(=O)c3ccccc3)O2)c(=O)n(C(=O)c2ccccc2)c1=O)C(F)(F)F. The van der Waals surface area contributed by atoms with E-state index in [0.717, 1.165) is 16.8 Å². The molecule has 0 N–H and O–H groups in total. The lowest BCUT2D eigenvalue weighted by Gasteiger charge is -2.19. The van der Waals surface area contributed by atoms with Gasteiger partial charge in [-0.1, -0.05) is 61.2 Å². The molecule has 0 radical (unpaired) electrons. The average molecular weight is 661 g/mol. The summed E-state index contributed by atoms with van der Waals surface area (Å²) in [4.78, 5) is 66.2. The molecule has 10 nitrogen and oxygen atoms in total. The first kappa shape index (κ1) is 33.5. The summed E-state index contributed by atoms with van der Waals surface area (Å²) in [5.74, 6) is -2.48. The highest BCUT2D eigenvalue weighted by atomic mass is 19.4. The summed E-state index contributed by atoms with van der Waals surface area (Å²) in [6.07, 6.45) is -6.32. The van der Waals surface area contributed by atoms with Crippen LogP contribution in [-0.4, -0.2) is 52.0 Å². The lowest BCUT2D eigenvalue weighted by Crippen LogP contribution is -2.45. The van der Waals surface area contributed by atoms with E-state index in [0.29, 0.717) is 6.08 Å². The van der Waals surface area contributed by atoms with Gasteiger partial charge in [0.1, 0.15) is 25.0 Å². The summed E-state index contributed by atoms with van der Waals surface area (Å²) in [5.41, 5.74) is -3.70. The third-order valence-electron chi connectivity index (χ3n) is 7.34. The van der Waals surface area contributed by atoms with Gasteiger partial charge in [-0.2, -0.15) is 17.7 Å². The molecule has 1 saturated heterocycles. The molecule has 4 aromatic rings. The maximum Gasteiger partial charge on any atom is 0.415 e. The first-order valence-electron chi connectivity index (χ1n) is 14.5. The van der Waals surface area contributed by atoms with Crippen molar-refractivity contribution in [3.05, 3.63) is 159 Å². The van der Waals surface area contributed by atoms with Gasteiger partial charge in [0.25, 0.3) is 11.5 Å². The van der Waals surface area contributed by atoms with Gasteiger partial charge in [-0.15, -0.1) is 0 Å². The van der Waals surface area contributed by atoms with Gasteiger partial charge in [0, 0.05) is 23.8 Å². The van der Waals surface area contributed by atoms with Gasteiger partial charge in [0.15, 0.2) is 0 Å². The summed E-state index contributed by atoms with van der Waals surface area (Å²) in [7, 11) is 0. The van der Waals surface area contributed by atoms with Crippen molar-refractivity contribution in [3.63, 3.8) is 0 Å². The minimum atomic E-state index is -4.81. The Morgan fingerprint density at radius 2 is 1.40 bits per heavy atom. The number of rotatable bonds is 9. The number of hydrogen-bond donors (Lipinski definition) is 0. The van der Waals surface area contributed by atoms with Gasteiger partial charge in [-0.05, 0) is 48.6 Å². The van der Waals surface area contributed by atoms with E-state index in [1.807, 2.05) is 0 Å². The molecule has 13 heteroatoms. The van der Waals surface area contributed by atoms with Crippen LogP contribution in [0.25, 0.3) is 6.08 Å². The van der Waals surface area contributed by atoms with Gasteiger partial charge < -0.3 is 14.2 Å². The summed E-state index contributed by atoms with van der Waals surface area (Å²) in [6, 6.07) is 23.3. The summed E-state index contributed by atoms with van der Waals surface area (Å²) < 4.78 is 57.8. The number of halogens is 3. The van der Waals surface area contributed by atoms with E-state index in [-0.39, 0.29) is 27.7 Å². The summed E-state index contributed by atoms with van der Waals surface area (Å²) >= 11 is 0. The van der Waals surface area contributed by atoms with Crippen molar-refractivity contribution in [3.8, 4) is 0 Å². The highest BCUT2D eigenvalue weighted by Gasteiger charge is 2.41. The first-order chi connectivity index (χ1) is 22.9. The van der Waals surface area contributed by atoms with E-state index in [9.17, 15) is 37.1 Å². The van der Waals surface area contributed by atoms with Crippen molar-refractivity contribution >= 4 is 23.9 Å². The van der Waals surface area contributed by atoms with Crippen LogP contribution in [0.5, 0.6) is 0 Å². The standard InChI is InChI=1S/C35H27F3N2O8/c1-22(35(36,37)38)17-18-26-20-39(34(45)40(31(26)42)30(41)23-11-5-2-6-12-23)29-19-27(48-33(44)25-15-9-4-10-16-25)28(47-29)21-46-32(43)24-13-7-3-8-14-24/h2-18,20,27-29H,1,19,21H2/b18-17+/t27-,28+,29+/m0/s1. The molecule has 0 aliphatic carbocycles. The molecule has 1 aliphatic rings. The second kappa shape index (κ2) is 14.3. The summed E-state index contributed by atoms with van der Waals surface area (Å²) in [6.45, 7) is 2.53. The van der Waals surface area contributed by atoms with Crippen molar-refractivity contribution < 1.29 is 41.8 Å². The molecule has 0 spiro atoms. The van der Waals surface area contributed by atoms with Crippen molar-refractivity contribution in [1.29, 1.82) is 0 Å². The largest absolute Gasteiger partial charge is 0.459 e. The minimum Gasteiger partial charge on any atom is -0.459 e. The molecule has 3 atom stereocenters. The van der Waals surface area contributed by atoms with Crippen molar-refractivity contribution in [2.24, 2.45) is 0 Å². The van der Waals surface area contributed by atoms with Crippen LogP contribution in [0.4, 0.5) is 13.2 Å². The molecule has 3 aromatic carbocycles. The second-order valence-corrected chi connectivity index (χ2v) is 10.6. The number of aromatic nitrogens is 2. The number of nitrogens with zero attached hydrogens (tertiary/aromatic N) is 2. The highest BCUT2D eigenvalue weighted by Crippen LogP contribution is 2.31. The topological polar surface area (TPSA) is 123 Å². The van der Waals surface area contributed by atoms with E-state index < -0.39 is 71.5 Å². The maximum atomic E-state index is 13.8. The second-order valence-electron chi connectivity index (χ2n) is 10.6. The van der Waals surface area contributed by atoms with Gasteiger partial charge in [0.2, 0.25) is 0 Å². The van der Waals surface area contributed by atoms with E-state index in [2.05, 4.69) is 6.58 Å². The Labute approximate surface area is 270 Å². The molecule has 0 unspecified atom stereocenters. The lowest BCUT2D eigenvalue weighted by atomic mass is 10.1. The Morgan fingerprint density at radius 1 is 0.854 bits per heavy atom. The molecular weight excluding hydrogens is 633 g/mol. The molecule has 2 heterocycles. The third-order valence-corrected chi connectivity index (χ3v) is 7.34. The van der Waals surface area contributed by atoms with Crippen molar-refractivity contribution in [1.82, 2.24) is 9.13 Å². The Bertz CT molecular complexity index is 1970. The Kier molecular flexibility index (Phi) is 9.99. The smallest absolute Gasteiger partial charge is 0.415 e. The predicted molar refractivity (Wildman–Crippen MR) is 166 cm³/mol. The van der Waals surface area contributed by atoms with Crippen molar-refractivity contribution in [2.45, 2.75) is 31.0 Å². The van der Waals surface area contributed by atoms with Crippen LogP contribution in [0.2, 0.25) is 0 Å². The van der Waals surface area contributed by atoms with E-state index >= 15 is 0 Å². The van der Waals surface area contributed by atoms with Crippen LogP contribution in [-0.2, 0) is 14.2 Å². The first-order valence-corrected chi connectivity index (χ1v) is 14.5. The van der Waals surface area contributed by atoms with E-state index in [4.69, 9.17) is 14.2 Å². The molecule has 48 heavy (non-hydrogen) atoms. The molecule has 1 aromatic heterocycles. The molecule has 0 bridgehead atoms. The number of hydrogen-bond acceptors (Lipinski definition) is 8. The zero-order valence-electron chi connectivity index (χ0n) is 25.0. The molecule has 0 saturated carbocycles. The molecule has 5 rings (SSSR count). The number of carbonyl (C=O) groups is 3. The lowest BCUT2D eigenvalue weighted by molar-refractivity contribution is -0.0877. The normalized spacial score (nSPS) is 17.6. The van der Waals surface area contributed by atoms with Crippen LogP contribution in [0.3, 0.4) is 0 Å². The number of esters is 2. The van der Waals surface area contributed by atoms with Gasteiger partial charge in [-0.25, -0.2) is 14.4 Å². The Morgan fingerprint density at radius 3 is 1.96 bits per heavy atom. The molecule has 1 fully saturated rings. The third kappa shape index (κ3) is 7.58. The summed E-state index contributed by atoms with van der Waals surface area (Å²) in [5, 5.41) is 0. The Hall–Kier alpha value is -5.82. The van der Waals surface area contributed by atoms with Crippen LogP contribution in [0.1, 0.15) is 49.3 Å². The van der Waals surface area contributed by atoms with Gasteiger partial charge >= 0.3 is 23.8 Å². The van der Waals surface area contributed by atoms with Crippen LogP contribution in [0, 0.1) is 0 Å². The van der Waals surface area contributed by atoms with Gasteiger partial charge in [-0.3, -0.25) is 14.2 Å². The van der Waals surface area contributed by atoms with Crippen LogP contribution >= 0.6 is 0 Å². The van der Waals surface area contributed by atoms with Gasteiger partial charge in [0.05, 0.1) is 16.7 Å². The fourth-order valence-electron chi connectivity index (χ4n) is 4.83. The van der Waals surface area contributed by atoms with E-state index in [1.54, 1.807) is 42.5 Å². The number of alkyl halides is 3. The average Bonchev–Trinajstić information content (AvgIpc) is 3.49. The fourth-order valence-corrected chi connectivity index (χ4v) is 4.83. The monoisotopic (exact) mass is 660 g/mol. The predicted octanol–water partition coefficient (Wildman–Crippen LogP) is 5.20. The molecule has 1 aliphatic heterocycles. The fraction of sp³-hybridized carbons (Fsp3) is 0.171. The van der Waals surface area contributed by atoms with Crippen molar-refractivity contribution in [2.75, 3.05) is 6.61 Å². The highest BCUT2D eigenvalue weighted by molar-refractivity contribution is 5.95. The van der Waals surface area contributed by atoms with Crippen LogP contribution in [0.15, 0.2) is 125 Å².